The van der Waals surface area contributed by atoms with E-state index < -0.39 is 75.7 Å². The molecule has 302 valence electrons. The van der Waals surface area contributed by atoms with E-state index >= 15 is 0 Å². The molecule has 0 bridgehead atoms. The van der Waals surface area contributed by atoms with Crippen LogP contribution < -0.4 is 0 Å². The lowest BCUT2D eigenvalue weighted by molar-refractivity contribution is -0.220. The van der Waals surface area contributed by atoms with Crippen LogP contribution in [0.4, 0.5) is 0 Å². The standard InChI is InChI=1S/C37H71O13P/c1-3-5-7-9-10-11-12-13-14-15-16-17-18-19-20-22-24-26-31(39)49-29(27-47-30(38)25-23-21-8-6-4-2)28-48-51(45,46)50-37-35(43)33(41)32(40)34(42)36(37)44/h29,32-37,40-44H,3-28H2,1-2H3,(H,45,46). The van der Waals surface area contributed by atoms with E-state index in [0.717, 1.165) is 44.9 Å². The molecule has 1 rings (SSSR count). The van der Waals surface area contributed by atoms with E-state index in [1.165, 1.54) is 83.5 Å². The third kappa shape index (κ3) is 22.6. The second-order valence-corrected chi connectivity index (χ2v) is 15.6. The second kappa shape index (κ2) is 29.2. The zero-order valence-electron chi connectivity index (χ0n) is 31.4. The molecular weight excluding hydrogens is 683 g/mol. The van der Waals surface area contributed by atoms with Gasteiger partial charge in [0.05, 0.1) is 6.61 Å². The highest BCUT2D eigenvalue weighted by Gasteiger charge is 2.51. The maximum absolute atomic E-state index is 12.7. The van der Waals surface area contributed by atoms with Crippen molar-refractivity contribution >= 4 is 19.8 Å². The molecule has 0 amide bonds. The number of aliphatic hydroxyl groups is 5. The quantitative estimate of drug-likeness (QED) is 0.0258. The van der Waals surface area contributed by atoms with Crippen molar-refractivity contribution in [1.82, 2.24) is 0 Å². The molecule has 6 unspecified atom stereocenters. The van der Waals surface area contributed by atoms with Gasteiger partial charge in [0.25, 0.3) is 0 Å². The van der Waals surface area contributed by atoms with Crippen LogP contribution in [0, 0.1) is 0 Å². The number of hydrogen-bond donors (Lipinski definition) is 6. The first kappa shape index (κ1) is 47.9. The summed E-state index contributed by atoms with van der Waals surface area (Å²) in [6, 6.07) is 0. The minimum Gasteiger partial charge on any atom is -0.462 e. The Kier molecular flexibility index (Phi) is 27.4. The smallest absolute Gasteiger partial charge is 0.462 e. The van der Waals surface area contributed by atoms with E-state index in [4.69, 9.17) is 18.5 Å². The van der Waals surface area contributed by atoms with E-state index in [1.807, 2.05) is 0 Å². The molecular formula is C37H71O13P. The van der Waals surface area contributed by atoms with Gasteiger partial charge in [-0.1, -0.05) is 142 Å². The Morgan fingerprint density at radius 2 is 0.882 bits per heavy atom. The molecule has 13 nitrogen and oxygen atoms in total. The molecule has 51 heavy (non-hydrogen) atoms. The highest BCUT2D eigenvalue weighted by molar-refractivity contribution is 7.47. The first-order valence-electron chi connectivity index (χ1n) is 19.8. The van der Waals surface area contributed by atoms with Gasteiger partial charge in [0, 0.05) is 12.8 Å². The van der Waals surface area contributed by atoms with Crippen LogP contribution in [-0.4, -0.2) is 98.3 Å². The number of hydrogen-bond acceptors (Lipinski definition) is 12. The fraction of sp³-hybridized carbons (Fsp3) is 0.946. The number of phosphoric acid groups is 1. The van der Waals surface area contributed by atoms with Crippen LogP contribution in [0.15, 0.2) is 0 Å². The second-order valence-electron chi connectivity index (χ2n) is 14.2. The molecule has 1 aliphatic rings. The summed E-state index contributed by atoms with van der Waals surface area (Å²) in [6.07, 6.45) is 12.4. The molecule has 0 aromatic carbocycles. The molecule has 0 aromatic rings. The summed E-state index contributed by atoms with van der Waals surface area (Å²) in [5.41, 5.74) is 0. The molecule has 14 heteroatoms. The fourth-order valence-electron chi connectivity index (χ4n) is 6.17. The maximum atomic E-state index is 12.7. The van der Waals surface area contributed by atoms with E-state index in [0.29, 0.717) is 12.8 Å². The third-order valence-corrected chi connectivity index (χ3v) is 10.4. The largest absolute Gasteiger partial charge is 0.472 e. The first-order chi connectivity index (χ1) is 24.4. The summed E-state index contributed by atoms with van der Waals surface area (Å²) < 4.78 is 33.2. The zero-order chi connectivity index (χ0) is 37.9. The summed E-state index contributed by atoms with van der Waals surface area (Å²) in [5.74, 6) is -1.11. The zero-order valence-corrected chi connectivity index (χ0v) is 32.3. The van der Waals surface area contributed by atoms with Crippen molar-refractivity contribution in [3.8, 4) is 0 Å². The summed E-state index contributed by atoms with van der Waals surface area (Å²) in [7, 11) is -5.09. The van der Waals surface area contributed by atoms with Crippen molar-refractivity contribution in [3.05, 3.63) is 0 Å². The number of aliphatic hydroxyl groups excluding tert-OH is 5. The lowest BCUT2D eigenvalue weighted by Gasteiger charge is -2.41. The monoisotopic (exact) mass is 754 g/mol. The SMILES string of the molecule is CCCCCCCCCCCCCCCCCCCC(=O)OC(COC(=O)CCCCCCC)COP(=O)(O)OC1C(O)C(O)C(O)C(O)C1O. The number of ether oxygens (including phenoxy) is 2. The Hall–Kier alpha value is -1.15. The average molecular weight is 755 g/mol. The normalized spacial score (nSPS) is 23.8. The number of phosphoric ester groups is 1. The molecule has 0 aliphatic heterocycles. The van der Waals surface area contributed by atoms with Crippen LogP contribution in [0.3, 0.4) is 0 Å². The van der Waals surface area contributed by atoms with Gasteiger partial charge in [-0.15, -0.1) is 0 Å². The summed E-state index contributed by atoms with van der Waals surface area (Å²) in [4.78, 5) is 35.2. The van der Waals surface area contributed by atoms with E-state index in [2.05, 4.69) is 13.8 Å². The van der Waals surface area contributed by atoms with Gasteiger partial charge in [0.2, 0.25) is 0 Å². The molecule has 6 N–H and O–H groups in total. The minimum absolute atomic E-state index is 0.103. The number of rotatable bonds is 32. The molecule has 0 spiro atoms. The number of unbranched alkanes of at least 4 members (excludes halogenated alkanes) is 20. The van der Waals surface area contributed by atoms with E-state index in [1.54, 1.807) is 0 Å². The van der Waals surface area contributed by atoms with Crippen molar-refractivity contribution in [2.75, 3.05) is 13.2 Å². The third-order valence-electron chi connectivity index (χ3n) is 9.45. The Morgan fingerprint density at radius 1 is 0.529 bits per heavy atom. The van der Waals surface area contributed by atoms with Crippen LogP contribution in [0.1, 0.15) is 168 Å². The highest BCUT2D eigenvalue weighted by Crippen LogP contribution is 2.47. The van der Waals surface area contributed by atoms with Gasteiger partial charge in [-0.05, 0) is 12.8 Å². The topological polar surface area (TPSA) is 210 Å². The van der Waals surface area contributed by atoms with Crippen molar-refractivity contribution in [3.63, 3.8) is 0 Å². The highest BCUT2D eigenvalue weighted by atomic mass is 31.2. The molecule has 0 heterocycles. The van der Waals surface area contributed by atoms with Crippen LogP contribution >= 0.6 is 7.82 Å². The average Bonchev–Trinajstić information content (AvgIpc) is 3.10. The summed E-state index contributed by atoms with van der Waals surface area (Å²) in [5, 5.41) is 49.8. The van der Waals surface area contributed by atoms with Crippen molar-refractivity contribution in [2.45, 2.75) is 211 Å². The van der Waals surface area contributed by atoms with Crippen molar-refractivity contribution in [2.24, 2.45) is 0 Å². The summed E-state index contributed by atoms with van der Waals surface area (Å²) >= 11 is 0. The Morgan fingerprint density at radius 3 is 1.29 bits per heavy atom. The molecule has 6 atom stereocenters. The van der Waals surface area contributed by atoms with E-state index in [-0.39, 0.29) is 12.8 Å². The number of carbonyl (C=O) groups is 2. The van der Waals surface area contributed by atoms with E-state index in [9.17, 15) is 44.6 Å². The van der Waals surface area contributed by atoms with Crippen LogP contribution in [0.25, 0.3) is 0 Å². The summed E-state index contributed by atoms with van der Waals surface area (Å²) in [6.45, 7) is 3.17. The van der Waals surface area contributed by atoms with Gasteiger partial charge >= 0.3 is 19.8 Å². The number of esters is 2. The first-order valence-corrected chi connectivity index (χ1v) is 21.3. The van der Waals surface area contributed by atoms with Gasteiger partial charge < -0.3 is 39.9 Å². The number of carbonyl (C=O) groups excluding carboxylic acids is 2. The van der Waals surface area contributed by atoms with Gasteiger partial charge in [-0.25, -0.2) is 4.57 Å². The minimum atomic E-state index is -5.09. The Labute approximate surface area is 306 Å². The Balaban J connectivity index is 2.42. The van der Waals surface area contributed by atoms with Crippen LogP contribution in [0.2, 0.25) is 0 Å². The maximum Gasteiger partial charge on any atom is 0.472 e. The molecule has 1 saturated carbocycles. The van der Waals surface area contributed by atoms with Crippen LogP contribution in [0.5, 0.6) is 0 Å². The van der Waals surface area contributed by atoms with Gasteiger partial charge in [0.15, 0.2) is 6.10 Å². The predicted octanol–water partition coefficient (Wildman–Crippen LogP) is 6.16. The molecule has 0 aromatic heterocycles. The van der Waals surface area contributed by atoms with Gasteiger partial charge in [-0.2, -0.15) is 0 Å². The molecule has 1 aliphatic carbocycles. The van der Waals surface area contributed by atoms with Gasteiger partial charge in [-0.3, -0.25) is 18.6 Å². The molecule has 0 radical (unpaired) electrons. The molecule has 0 saturated heterocycles. The lowest BCUT2D eigenvalue weighted by atomic mass is 9.85. The lowest BCUT2D eigenvalue weighted by Crippen LogP contribution is -2.64. The molecule has 1 fully saturated rings. The van der Waals surface area contributed by atoms with Crippen molar-refractivity contribution in [1.29, 1.82) is 0 Å². The predicted molar refractivity (Wildman–Crippen MR) is 194 cm³/mol. The van der Waals surface area contributed by atoms with Crippen LogP contribution in [-0.2, 0) is 32.7 Å². The fourth-order valence-corrected chi connectivity index (χ4v) is 7.14. The van der Waals surface area contributed by atoms with Crippen molar-refractivity contribution < 1.29 is 63.1 Å². The van der Waals surface area contributed by atoms with Gasteiger partial charge in [0.1, 0.15) is 43.2 Å². The Bertz CT molecular complexity index is 922.